The first kappa shape index (κ1) is 14.8. The Morgan fingerprint density at radius 3 is 2.95 bits per heavy atom. The molecule has 5 heteroatoms. The summed E-state index contributed by atoms with van der Waals surface area (Å²) in [5, 5.41) is 2.91. The number of amides is 1. The molecule has 0 aliphatic heterocycles. The number of nitrogens with zero attached hydrogens (tertiary/aromatic N) is 2. The van der Waals surface area contributed by atoms with Crippen LogP contribution in [0.1, 0.15) is 39.0 Å². The lowest BCUT2D eigenvalue weighted by atomic mass is 9.94. The van der Waals surface area contributed by atoms with Gasteiger partial charge < -0.3 is 5.32 Å². The summed E-state index contributed by atoms with van der Waals surface area (Å²) < 4.78 is 1.50. The van der Waals surface area contributed by atoms with Crippen LogP contribution in [0.25, 0.3) is 0 Å². The number of rotatable bonds is 6. The van der Waals surface area contributed by atoms with Crippen LogP contribution in [0.15, 0.2) is 23.4 Å². The summed E-state index contributed by atoms with van der Waals surface area (Å²) in [6.07, 6.45) is 9.10. The Bertz CT molecular complexity index is 492. The Kier molecular flexibility index (Phi) is 5.32. The average molecular weight is 277 g/mol. The van der Waals surface area contributed by atoms with E-state index in [0.29, 0.717) is 13.1 Å². The third kappa shape index (κ3) is 4.18. The van der Waals surface area contributed by atoms with Gasteiger partial charge in [-0.05, 0) is 12.3 Å². The van der Waals surface area contributed by atoms with Gasteiger partial charge in [0.05, 0.1) is 6.33 Å². The Labute approximate surface area is 119 Å². The SMILES string of the molecule is CC(CC1CCCC1)C(=O)NCCn1cnccc1=O. The number of hydrogen-bond acceptors (Lipinski definition) is 3. The molecule has 20 heavy (non-hydrogen) atoms. The quantitative estimate of drug-likeness (QED) is 0.858. The molecule has 1 fully saturated rings. The molecule has 1 aromatic rings. The van der Waals surface area contributed by atoms with Crippen molar-refractivity contribution in [2.75, 3.05) is 6.54 Å². The maximum Gasteiger partial charge on any atom is 0.253 e. The zero-order chi connectivity index (χ0) is 14.4. The molecule has 1 unspecified atom stereocenters. The molecule has 0 radical (unpaired) electrons. The van der Waals surface area contributed by atoms with Crippen LogP contribution >= 0.6 is 0 Å². The Morgan fingerprint density at radius 2 is 2.25 bits per heavy atom. The van der Waals surface area contributed by atoms with Crippen LogP contribution in [0.2, 0.25) is 0 Å². The summed E-state index contributed by atoms with van der Waals surface area (Å²) in [5.74, 6) is 0.870. The minimum atomic E-state index is -0.0896. The lowest BCUT2D eigenvalue weighted by Gasteiger charge is -2.16. The number of nitrogens with one attached hydrogen (secondary N) is 1. The van der Waals surface area contributed by atoms with Crippen molar-refractivity contribution >= 4 is 5.91 Å². The minimum Gasteiger partial charge on any atom is -0.354 e. The van der Waals surface area contributed by atoms with Crippen molar-refractivity contribution < 1.29 is 4.79 Å². The lowest BCUT2D eigenvalue weighted by molar-refractivity contribution is -0.125. The lowest BCUT2D eigenvalue weighted by Crippen LogP contribution is -2.34. The fourth-order valence-electron chi connectivity index (χ4n) is 2.87. The van der Waals surface area contributed by atoms with Crippen LogP contribution in [0, 0.1) is 11.8 Å². The first-order valence-electron chi connectivity index (χ1n) is 7.45. The minimum absolute atomic E-state index is 0.0590. The van der Waals surface area contributed by atoms with Crippen molar-refractivity contribution in [3.8, 4) is 0 Å². The predicted octanol–water partition coefficient (Wildman–Crippen LogP) is 1.58. The van der Waals surface area contributed by atoms with E-state index in [1.807, 2.05) is 6.92 Å². The van der Waals surface area contributed by atoms with Crippen molar-refractivity contribution in [1.82, 2.24) is 14.9 Å². The average Bonchev–Trinajstić information content (AvgIpc) is 2.93. The van der Waals surface area contributed by atoms with E-state index < -0.39 is 0 Å². The Hall–Kier alpha value is -1.65. The van der Waals surface area contributed by atoms with Gasteiger partial charge in [-0.25, -0.2) is 4.98 Å². The molecule has 110 valence electrons. The molecule has 0 bridgehead atoms. The highest BCUT2D eigenvalue weighted by Crippen LogP contribution is 2.30. The van der Waals surface area contributed by atoms with Crippen molar-refractivity contribution in [3.05, 3.63) is 28.9 Å². The van der Waals surface area contributed by atoms with E-state index >= 15 is 0 Å². The molecule has 0 aromatic carbocycles. The summed E-state index contributed by atoms with van der Waals surface area (Å²) in [6, 6.07) is 1.42. The molecule has 0 saturated heterocycles. The molecule has 1 aromatic heterocycles. The van der Waals surface area contributed by atoms with Gasteiger partial charge in [0.2, 0.25) is 5.91 Å². The summed E-state index contributed by atoms with van der Waals surface area (Å²) >= 11 is 0. The van der Waals surface area contributed by atoms with Gasteiger partial charge in [0.25, 0.3) is 5.56 Å². The van der Waals surface area contributed by atoms with Crippen LogP contribution in [0.3, 0.4) is 0 Å². The molecule has 1 N–H and O–H groups in total. The van der Waals surface area contributed by atoms with E-state index in [4.69, 9.17) is 0 Å². The van der Waals surface area contributed by atoms with Gasteiger partial charge in [-0.15, -0.1) is 0 Å². The molecule has 1 saturated carbocycles. The monoisotopic (exact) mass is 277 g/mol. The van der Waals surface area contributed by atoms with Gasteiger partial charge in [0, 0.05) is 31.3 Å². The molecule has 1 heterocycles. The second kappa shape index (κ2) is 7.22. The first-order valence-corrected chi connectivity index (χ1v) is 7.45. The van der Waals surface area contributed by atoms with Crippen molar-refractivity contribution in [2.24, 2.45) is 11.8 Å². The van der Waals surface area contributed by atoms with E-state index in [-0.39, 0.29) is 17.4 Å². The van der Waals surface area contributed by atoms with E-state index in [1.54, 1.807) is 0 Å². The van der Waals surface area contributed by atoms with Gasteiger partial charge >= 0.3 is 0 Å². The summed E-state index contributed by atoms with van der Waals surface area (Å²) in [6.45, 7) is 2.93. The second-order valence-corrected chi connectivity index (χ2v) is 5.69. The van der Waals surface area contributed by atoms with E-state index in [2.05, 4.69) is 10.3 Å². The molecular weight excluding hydrogens is 254 g/mol. The van der Waals surface area contributed by atoms with Crippen molar-refractivity contribution in [2.45, 2.75) is 45.6 Å². The highest BCUT2D eigenvalue weighted by molar-refractivity contribution is 5.78. The molecule has 0 spiro atoms. The summed E-state index contributed by atoms with van der Waals surface area (Å²) in [4.78, 5) is 27.4. The molecule has 5 nitrogen and oxygen atoms in total. The van der Waals surface area contributed by atoms with Crippen LogP contribution in [-0.4, -0.2) is 22.0 Å². The fourth-order valence-corrected chi connectivity index (χ4v) is 2.87. The molecule has 1 amide bonds. The van der Waals surface area contributed by atoms with E-state index in [1.165, 1.54) is 48.8 Å². The zero-order valence-electron chi connectivity index (χ0n) is 12.0. The van der Waals surface area contributed by atoms with Crippen LogP contribution in [0.5, 0.6) is 0 Å². The van der Waals surface area contributed by atoms with Crippen molar-refractivity contribution in [1.29, 1.82) is 0 Å². The second-order valence-electron chi connectivity index (χ2n) is 5.69. The topological polar surface area (TPSA) is 64.0 Å². The van der Waals surface area contributed by atoms with E-state index in [9.17, 15) is 9.59 Å². The maximum atomic E-state index is 12.0. The molecule has 2 rings (SSSR count). The van der Waals surface area contributed by atoms with Crippen LogP contribution in [-0.2, 0) is 11.3 Å². The third-order valence-electron chi connectivity index (χ3n) is 4.05. The van der Waals surface area contributed by atoms with Gasteiger partial charge in [0.15, 0.2) is 0 Å². The Balaban J connectivity index is 1.71. The fraction of sp³-hybridized carbons (Fsp3) is 0.667. The molecule has 1 atom stereocenters. The highest BCUT2D eigenvalue weighted by atomic mass is 16.2. The maximum absolute atomic E-state index is 12.0. The van der Waals surface area contributed by atoms with Crippen molar-refractivity contribution in [3.63, 3.8) is 0 Å². The normalized spacial score (nSPS) is 17.1. The highest BCUT2D eigenvalue weighted by Gasteiger charge is 2.21. The smallest absolute Gasteiger partial charge is 0.253 e. The van der Waals surface area contributed by atoms with Gasteiger partial charge in [-0.2, -0.15) is 0 Å². The van der Waals surface area contributed by atoms with Gasteiger partial charge in [0.1, 0.15) is 0 Å². The standard InChI is InChI=1S/C15H23N3O2/c1-12(10-13-4-2-3-5-13)15(20)17-8-9-18-11-16-7-6-14(18)19/h6-7,11-13H,2-5,8-10H2,1H3,(H,17,20). The first-order chi connectivity index (χ1) is 9.66. The largest absolute Gasteiger partial charge is 0.354 e. The molecule has 1 aliphatic rings. The van der Waals surface area contributed by atoms with Gasteiger partial charge in [-0.1, -0.05) is 32.6 Å². The number of carbonyl (C=O) groups excluding carboxylic acids is 1. The van der Waals surface area contributed by atoms with E-state index in [0.717, 1.165) is 12.3 Å². The summed E-state index contributed by atoms with van der Waals surface area (Å²) in [7, 11) is 0. The zero-order valence-corrected chi connectivity index (χ0v) is 12.0. The number of hydrogen-bond donors (Lipinski definition) is 1. The predicted molar refractivity (Wildman–Crippen MR) is 77.2 cm³/mol. The summed E-state index contributed by atoms with van der Waals surface area (Å²) in [5.41, 5.74) is -0.0896. The third-order valence-corrected chi connectivity index (χ3v) is 4.05. The molecular formula is C15H23N3O2. The van der Waals surface area contributed by atoms with Gasteiger partial charge in [-0.3, -0.25) is 14.2 Å². The van der Waals surface area contributed by atoms with Crippen LogP contribution in [0.4, 0.5) is 0 Å². The number of carbonyl (C=O) groups is 1. The Morgan fingerprint density at radius 1 is 1.50 bits per heavy atom. The number of aromatic nitrogens is 2. The van der Waals surface area contributed by atoms with Crippen LogP contribution < -0.4 is 10.9 Å². The molecule has 1 aliphatic carbocycles.